The SMILES string of the molecule is CC[C@H](C)[C@H](Cn1cc(-c2ccccc2)nn1)NC(=O)OC(C)(C)C. The van der Waals surface area contributed by atoms with Crippen molar-refractivity contribution in [1.82, 2.24) is 20.3 Å². The molecule has 2 rings (SSSR count). The van der Waals surface area contributed by atoms with Crippen LogP contribution in [0.3, 0.4) is 0 Å². The second kappa shape index (κ2) is 8.14. The van der Waals surface area contributed by atoms with Gasteiger partial charge in [0, 0.05) is 5.56 Å². The van der Waals surface area contributed by atoms with Gasteiger partial charge in [-0.3, -0.25) is 0 Å². The van der Waals surface area contributed by atoms with E-state index in [2.05, 4.69) is 29.5 Å². The summed E-state index contributed by atoms with van der Waals surface area (Å²) in [5.74, 6) is 0.289. The highest BCUT2D eigenvalue weighted by atomic mass is 16.6. The number of amides is 1. The van der Waals surface area contributed by atoms with Gasteiger partial charge in [0.05, 0.1) is 18.8 Å². The fraction of sp³-hybridized carbons (Fsp3) is 0.526. The Hall–Kier alpha value is -2.37. The predicted octanol–water partition coefficient (Wildman–Crippen LogP) is 3.88. The van der Waals surface area contributed by atoms with E-state index in [0.29, 0.717) is 6.54 Å². The van der Waals surface area contributed by atoms with Crippen LogP contribution in [-0.2, 0) is 11.3 Å². The van der Waals surface area contributed by atoms with E-state index < -0.39 is 11.7 Å². The zero-order valence-electron chi connectivity index (χ0n) is 15.7. The number of carbonyl (C=O) groups excluding carboxylic acids is 1. The summed E-state index contributed by atoms with van der Waals surface area (Å²) in [5, 5.41) is 11.4. The first kappa shape index (κ1) is 19.0. The maximum absolute atomic E-state index is 12.1. The fourth-order valence-corrected chi connectivity index (χ4v) is 2.44. The first-order valence-electron chi connectivity index (χ1n) is 8.73. The van der Waals surface area contributed by atoms with Crippen molar-refractivity contribution in [3.8, 4) is 11.3 Å². The number of nitrogens with zero attached hydrogens (tertiary/aromatic N) is 3. The lowest BCUT2D eigenvalue weighted by atomic mass is 9.99. The van der Waals surface area contributed by atoms with E-state index >= 15 is 0 Å². The van der Waals surface area contributed by atoms with Crippen LogP contribution >= 0.6 is 0 Å². The van der Waals surface area contributed by atoms with Crippen LogP contribution in [0, 0.1) is 5.92 Å². The molecule has 136 valence electrons. The van der Waals surface area contributed by atoms with E-state index in [-0.39, 0.29) is 12.0 Å². The summed E-state index contributed by atoms with van der Waals surface area (Å²) in [6.45, 7) is 10.3. The average molecular weight is 344 g/mol. The van der Waals surface area contributed by atoms with Gasteiger partial charge in [-0.2, -0.15) is 0 Å². The summed E-state index contributed by atoms with van der Waals surface area (Å²) in [4.78, 5) is 12.1. The Bertz CT molecular complexity index is 676. The molecule has 0 bridgehead atoms. The highest BCUT2D eigenvalue weighted by Crippen LogP contribution is 2.17. The van der Waals surface area contributed by atoms with Crippen molar-refractivity contribution in [1.29, 1.82) is 0 Å². The first-order valence-corrected chi connectivity index (χ1v) is 8.73. The topological polar surface area (TPSA) is 69.0 Å². The number of hydrogen-bond acceptors (Lipinski definition) is 4. The zero-order chi connectivity index (χ0) is 18.4. The third-order valence-corrected chi connectivity index (χ3v) is 4.02. The second-order valence-electron chi connectivity index (χ2n) is 7.33. The van der Waals surface area contributed by atoms with Gasteiger partial charge in [0.15, 0.2) is 0 Å². The molecule has 2 atom stereocenters. The molecule has 0 spiro atoms. The third kappa shape index (κ3) is 5.89. The molecule has 0 aliphatic rings. The third-order valence-electron chi connectivity index (χ3n) is 4.02. The molecular formula is C19H28N4O2. The number of carbonyl (C=O) groups is 1. The maximum Gasteiger partial charge on any atom is 0.407 e. The van der Waals surface area contributed by atoms with Crippen LogP contribution in [0.25, 0.3) is 11.3 Å². The van der Waals surface area contributed by atoms with Gasteiger partial charge in [-0.25, -0.2) is 9.48 Å². The Morgan fingerprint density at radius 1 is 1.28 bits per heavy atom. The zero-order valence-corrected chi connectivity index (χ0v) is 15.7. The molecule has 2 aromatic rings. The Morgan fingerprint density at radius 3 is 2.56 bits per heavy atom. The van der Waals surface area contributed by atoms with Crippen molar-refractivity contribution in [2.45, 2.75) is 59.2 Å². The van der Waals surface area contributed by atoms with Crippen LogP contribution in [0.2, 0.25) is 0 Å². The quantitative estimate of drug-likeness (QED) is 0.863. The summed E-state index contributed by atoms with van der Waals surface area (Å²) < 4.78 is 7.15. The van der Waals surface area contributed by atoms with Crippen molar-refractivity contribution in [2.24, 2.45) is 5.92 Å². The highest BCUT2D eigenvalue weighted by molar-refractivity contribution is 5.68. The van der Waals surface area contributed by atoms with Gasteiger partial charge in [0.1, 0.15) is 11.3 Å². The molecule has 1 amide bonds. The normalized spacial score (nSPS) is 14.0. The van der Waals surface area contributed by atoms with Crippen molar-refractivity contribution in [3.05, 3.63) is 36.5 Å². The molecule has 0 unspecified atom stereocenters. The van der Waals surface area contributed by atoms with Gasteiger partial charge in [0.25, 0.3) is 0 Å². The second-order valence-corrected chi connectivity index (χ2v) is 7.33. The van der Waals surface area contributed by atoms with Crippen molar-refractivity contribution in [2.75, 3.05) is 0 Å². The summed E-state index contributed by atoms with van der Waals surface area (Å²) in [5.41, 5.74) is 1.33. The number of ether oxygens (including phenoxy) is 1. The minimum absolute atomic E-state index is 0.0785. The van der Waals surface area contributed by atoms with E-state index in [0.717, 1.165) is 17.7 Å². The number of rotatable bonds is 6. The molecule has 0 radical (unpaired) electrons. The lowest BCUT2D eigenvalue weighted by Gasteiger charge is -2.26. The summed E-state index contributed by atoms with van der Waals surface area (Å²) in [6, 6.07) is 9.84. The molecule has 0 aliphatic heterocycles. The van der Waals surface area contributed by atoms with Gasteiger partial charge in [-0.05, 0) is 26.7 Å². The van der Waals surface area contributed by atoms with Crippen LogP contribution in [0.15, 0.2) is 36.5 Å². The largest absolute Gasteiger partial charge is 0.444 e. The summed E-state index contributed by atoms with van der Waals surface area (Å²) >= 11 is 0. The molecule has 0 aliphatic carbocycles. The average Bonchev–Trinajstić information content (AvgIpc) is 3.01. The first-order chi connectivity index (χ1) is 11.8. The minimum atomic E-state index is -0.516. The van der Waals surface area contributed by atoms with Crippen LogP contribution in [0.5, 0.6) is 0 Å². The molecule has 1 N–H and O–H groups in total. The van der Waals surface area contributed by atoms with Crippen LogP contribution in [-0.4, -0.2) is 32.7 Å². The van der Waals surface area contributed by atoms with Crippen LogP contribution < -0.4 is 5.32 Å². The predicted molar refractivity (Wildman–Crippen MR) is 98.1 cm³/mol. The van der Waals surface area contributed by atoms with E-state index in [1.807, 2.05) is 57.3 Å². The monoisotopic (exact) mass is 344 g/mol. The van der Waals surface area contributed by atoms with Crippen molar-refractivity contribution >= 4 is 6.09 Å². The smallest absolute Gasteiger partial charge is 0.407 e. The van der Waals surface area contributed by atoms with E-state index in [9.17, 15) is 4.79 Å². The Balaban J connectivity index is 2.07. The molecular weight excluding hydrogens is 316 g/mol. The maximum atomic E-state index is 12.1. The van der Waals surface area contributed by atoms with Gasteiger partial charge in [0.2, 0.25) is 0 Å². The highest BCUT2D eigenvalue weighted by Gasteiger charge is 2.23. The molecule has 0 saturated carbocycles. The Labute approximate surface area is 149 Å². The minimum Gasteiger partial charge on any atom is -0.444 e. The lowest BCUT2D eigenvalue weighted by Crippen LogP contribution is -2.44. The van der Waals surface area contributed by atoms with Gasteiger partial charge in [-0.1, -0.05) is 55.8 Å². The lowest BCUT2D eigenvalue weighted by molar-refractivity contribution is 0.0479. The number of alkyl carbamates (subject to hydrolysis) is 1. The van der Waals surface area contributed by atoms with Gasteiger partial charge < -0.3 is 10.1 Å². The Morgan fingerprint density at radius 2 is 1.96 bits per heavy atom. The molecule has 25 heavy (non-hydrogen) atoms. The molecule has 6 nitrogen and oxygen atoms in total. The molecule has 0 saturated heterocycles. The Kier molecular flexibility index (Phi) is 6.17. The van der Waals surface area contributed by atoms with Crippen molar-refractivity contribution < 1.29 is 9.53 Å². The molecule has 1 heterocycles. The van der Waals surface area contributed by atoms with Crippen molar-refractivity contribution in [3.63, 3.8) is 0 Å². The number of hydrogen-bond donors (Lipinski definition) is 1. The summed E-state index contributed by atoms with van der Waals surface area (Å²) in [6.07, 6.45) is 2.45. The molecule has 6 heteroatoms. The summed E-state index contributed by atoms with van der Waals surface area (Å²) in [7, 11) is 0. The van der Waals surface area contributed by atoms with Gasteiger partial charge >= 0.3 is 6.09 Å². The molecule has 1 aromatic heterocycles. The van der Waals surface area contributed by atoms with E-state index in [4.69, 9.17) is 4.74 Å². The van der Waals surface area contributed by atoms with Crippen LogP contribution in [0.1, 0.15) is 41.0 Å². The molecule has 0 fully saturated rings. The number of benzene rings is 1. The number of nitrogens with one attached hydrogen (secondary N) is 1. The standard InChI is InChI=1S/C19H28N4O2/c1-6-14(2)16(20-18(24)25-19(3,4)5)12-23-13-17(21-22-23)15-10-8-7-9-11-15/h7-11,13-14,16H,6,12H2,1-5H3,(H,20,24)/t14-,16-/m0/s1. The number of aromatic nitrogens is 3. The van der Waals surface area contributed by atoms with E-state index in [1.165, 1.54) is 0 Å². The van der Waals surface area contributed by atoms with Crippen LogP contribution in [0.4, 0.5) is 4.79 Å². The fourth-order valence-electron chi connectivity index (χ4n) is 2.44. The van der Waals surface area contributed by atoms with E-state index in [1.54, 1.807) is 4.68 Å². The molecule has 1 aromatic carbocycles. The van der Waals surface area contributed by atoms with Gasteiger partial charge in [-0.15, -0.1) is 5.10 Å².